The number of benzene rings is 2. The lowest BCUT2D eigenvalue weighted by atomic mass is 10.0. The van der Waals surface area contributed by atoms with Gasteiger partial charge in [0.15, 0.2) is 5.78 Å². The molecule has 2 heterocycles. The van der Waals surface area contributed by atoms with Crippen LogP contribution in [0.5, 0.6) is 5.75 Å². The summed E-state index contributed by atoms with van der Waals surface area (Å²) in [6.07, 6.45) is 2.27. The summed E-state index contributed by atoms with van der Waals surface area (Å²) in [7, 11) is -4.17. The molecule has 3 N–H and O–H groups in total. The molecule has 9 nitrogen and oxygen atoms in total. The van der Waals surface area contributed by atoms with Gasteiger partial charge in [-0.3, -0.25) is 9.52 Å². The molecule has 5 rings (SSSR count). The molecule has 0 bridgehead atoms. The van der Waals surface area contributed by atoms with Gasteiger partial charge in [0.25, 0.3) is 10.0 Å². The molecule has 2 aromatic carbocycles. The van der Waals surface area contributed by atoms with Gasteiger partial charge in [0, 0.05) is 23.5 Å². The highest BCUT2D eigenvalue weighted by Crippen LogP contribution is 2.35. The number of ketones is 1. The Bertz CT molecular complexity index is 1610. The average Bonchev–Trinajstić information content (AvgIpc) is 3.52. The van der Waals surface area contributed by atoms with Crippen molar-refractivity contribution in [2.75, 3.05) is 10.5 Å². The van der Waals surface area contributed by atoms with E-state index < -0.39 is 22.1 Å². The van der Waals surface area contributed by atoms with E-state index >= 15 is 0 Å². The number of carbonyl (C=O) groups excluding carboxylic acids is 1. The number of ether oxygens (including phenoxy) is 1. The second-order valence-electron chi connectivity index (χ2n) is 8.88. The molecule has 0 unspecified atom stereocenters. The number of hydrogen-bond acceptors (Lipinski definition) is 7. The number of halogens is 3. The third-order valence-electron chi connectivity index (χ3n) is 6.35. The van der Waals surface area contributed by atoms with Gasteiger partial charge in [0.05, 0.1) is 15.8 Å². The highest BCUT2D eigenvalue weighted by molar-refractivity contribution is 7.92. The van der Waals surface area contributed by atoms with Crippen LogP contribution in [-0.4, -0.2) is 35.1 Å². The number of nitrogens with two attached hydrogens (primary N) is 1. The summed E-state index contributed by atoms with van der Waals surface area (Å²) in [5.41, 5.74) is 7.30. The van der Waals surface area contributed by atoms with E-state index in [9.17, 15) is 26.4 Å². The fourth-order valence-electron chi connectivity index (χ4n) is 4.66. The molecule has 1 aliphatic carbocycles. The Morgan fingerprint density at radius 2 is 1.79 bits per heavy atom. The SMILES string of the molecule is Nc1ncnc2c1c(C(=O)c1cccc(NS(=O)(=O)c3ccc(OC(F)(F)F)cc3)c1)cn2C1CCCC1. The molecule has 38 heavy (non-hydrogen) atoms. The van der Waals surface area contributed by atoms with Crippen molar-refractivity contribution in [3.8, 4) is 5.75 Å². The predicted octanol–water partition coefficient (Wildman–Crippen LogP) is 5.06. The summed E-state index contributed by atoms with van der Waals surface area (Å²) in [5, 5.41) is 0.441. The normalized spacial score (nSPS) is 14.6. The van der Waals surface area contributed by atoms with E-state index in [0.717, 1.165) is 49.9 Å². The van der Waals surface area contributed by atoms with Crippen molar-refractivity contribution in [2.45, 2.75) is 43.0 Å². The minimum atomic E-state index is -4.90. The van der Waals surface area contributed by atoms with Crippen molar-refractivity contribution in [1.82, 2.24) is 14.5 Å². The van der Waals surface area contributed by atoms with Crippen molar-refractivity contribution in [3.05, 3.63) is 72.2 Å². The number of nitrogen functional groups attached to an aromatic ring is 1. The van der Waals surface area contributed by atoms with Crippen LogP contribution in [0.1, 0.15) is 47.6 Å². The summed E-state index contributed by atoms with van der Waals surface area (Å²) in [5.74, 6) is -0.767. The topological polar surface area (TPSA) is 129 Å². The first-order chi connectivity index (χ1) is 18.0. The monoisotopic (exact) mass is 545 g/mol. The van der Waals surface area contributed by atoms with Crippen LogP contribution in [0.15, 0.2) is 66.0 Å². The molecule has 1 fully saturated rings. The van der Waals surface area contributed by atoms with Crippen molar-refractivity contribution >= 4 is 38.3 Å². The standard InChI is InChI=1S/C25H22F3N5O4S/c26-25(27,28)37-18-8-10-19(11-9-18)38(35,36)32-16-5-3-4-15(12-16)22(34)20-13-33(17-6-1-2-7-17)24-21(20)23(29)30-14-31-24/h3-5,8-14,17,32H,1-2,6-7H2,(H2,29,30,31). The van der Waals surface area contributed by atoms with Gasteiger partial charge in [-0.05, 0) is 49.2 Å². The van der Waals surface area contributed by atoms with Crippen LogP contribution in [0.2, 0.25) is 0 Å². The third-order valence-corrected chi connectivity index (χ3v) is 7.74. The van der Waals surface area contributed by atoms with E-state index in [0.29, 0.717) is 16.6 Å². The molecule has 0 atom stereocenters. The number of anilines is 2. The van der Waals surface area contributed by atoms with Gasteiger partial charge in [-0.15, -0.1) is 13.2 Å². The van der Waals surface area contributed by atoms with Crippen LogP contribution in [0.4, 0.5) is 24.7 Å². The molecule has 198 valence electrons. The molecule has 0 spiro atoms. The van der Waals surface area contributed by atoms with E-state index in [4.69, 9.17) is 5.73 Å². The lowest BCUT2D eigenvalue weighted by Gasteiger charge is -2.12. The molecule has 0 saturated heterocycles. The Kier molecular flexibility index (Phi) is 6.47. The van der Waals surface area contributed by atoms with Gasteiger partial charge in [0.2, 0.25) is 0 Å². The predicted molar refractivity (Wildman–Crippen MR) is 133 cm³/mol. The van der Waals surface area contributed by atoms with E-state index in [1.807, 2.05) is 4.57 Å². The Balaban J connectivity index is 1.43. The van der Waals surface area contributed by atoms with E-state index in [-0.39, 0.29) is 33.8 Å². The molecule has 1 saturated carbocycles. The van der Waals surface area contributed by atoms with Gasteiger partial charge in [-0.25, -0.2) is 18.4 Å². The second-order valence-corrected chi connectivity index (χ2v) is 10.6. The fraction of sp³-hybridized carbons (Fsp3) is 0.240. The zero-order chi connectivity index (χ0) is 27.1. The number of nitrogens with zero attached hydrogens (tertiary/aromatic N) is 3. The van der Waals surface area contributed by atoms with Gasteiger partial charge < -0.3 is 15.0 Å². The van der Waals surface area contributed by atoms with Crippen LogP contribution < -0.4 is 15.2 Å². The number of sulfonamides is 1. The first kappa shape index (κ1) is 25.5. The van der Waals surface area contributed by atoms with Crippen LogP contribution in [0, 0.1) is 0 Å². The van der Waals surface area contributed by atoms with Gasteiger partial charge >= 0.3 is 6.36 Å². The second kappa shape index (κ2) is 9.63. The molecule has 0 radical (unpaired) electrons. The quantitative estimate of drug-likeness (QED) is 0.311. The Morgan fingerprint density at radius 3 is 2.47 bits per heavy atom. The van der Waals surface area contributed by atoms with Crippen LogP contribution in [0.3, 0.4) is 0 Å². The van der Waals surface area contributed by atoms with Crippen molar-refractivity contribution in [2.24, 2.45) is 0 Å². The summed E-state index contributed by atoms with van der Waals surface area (Å²) in [6, 6.07) is 9.85. The molecule has 0 aliphatic heterocycles. The van der Waals surface area contributed by atoms with E-state index in [1.165, 1.54) is 24.5 Å². The van der Waals surface area contributed by atoms with Gasteiger partial charge in [-0.1, -0.05) is 25.0 Å². The highest BCUT2D eigenvalue weighted by Gasteiger charge is 2.31. The van der Waals surface area contributed by atoms with Crippen molar-refractivity contribution < 1.29 is 31.1 Å². The number of rotatable bonds is 7. The van der Waals surface area contributed by atoms with Crippen LogP contribution >= 0.6 is 0 Å². The summed E-state index contributed by atoms with van der Waals surface area (Å²) in [6.45, 7) is 0. The number of carbonyl (C=O) groups is 1. The molecular weight excluding hydrogens is 523 g/mol. The minimum Gasteiger partial charge on any atom is -0.406 e. The van der Waals surface area contributed by atoms with Gasteiger partial charge in [0.1, 0.15) is 23.5 Å². The van der Waals surface area contributed by atoms with Crippen molar-refractivity contribution in [1.29, 1.82) is 0 Å². The molecule has 4 aromatic rings. The molecule has 1 aliphatic rings. The highest BCUT2D eigenvalue weighted by atomic mass is 32.2. The number of fused-ring (bicyclic) bond motifs is 1. The lowest BCUT2D eigenvalue weighted by Crippen LogP contribution is -2.17. The number of aromatic nitrogens is 3. The minimum absolute atomic E-state index is 0.0928. The number of alkyl halides is 3. The summed E-state index contributed by atoms with van der Waals surface area (Å²) >= 11 is 0. The smallest absolute Gasteiger partial charge is 0.406 e. The van der Waals surface area contributed by atoms with Gasteiger partial charge in [-0.2, -0.15) is 0 Å². The van der Waals surface area contributed by atoms with Crippen LogP contribution in [0.25, 0.3) is 11.0 Å². The third kappa shape index (κ3) is 5.14. The fourth-order valence-corrected chi connectivity index (χ4v) is 5.70. The maximum atomic E-state index is 13.6. The molecule has 0 amide bonds. The summed E-state index contributed by atoms with van der Waals surface area (Å²) < 4.78 is 70.9. The average molecular weight is 546 g/mol. The first-order valence-corrected chi connectivity index (χ1v) is 13.1. The van der Waals surface area contributed by atoms with Crippen molar-refractivity contribution in [3.63, 3.8) is 0 Å². The maximum absolute atomic E-state index is 13.6. The Morgan fingerprint density at radius 1 is 1.08 bits per heavy atom. The molecule has 2 aromatic heterocycles. The first-order valence-electron chi connectivity index (χ1n) is 11.7. The largest absolute Gasteiger partial charge is 0.573 e. The molecular formula is C25H22F3N5O4S. The lowest BCUT2D eigenvalue weighted by molar-refractivity contribution is -0.274. The number of nitrogens with one attached hydrogen (secondary N) is 1. The van der Waals surface area contributed by atoms with E-state index in [1.54, 1.807) is 12.3 Å². The summed E-state index contributed by atoms with van der Waals surface area (Å²) in [4.78, 5) is 21.7. The number of hydrogen-bond donors (Lipinski definition) is 2. The van der Waals surface area contributed by atoms with E-state index in [2.05, 4.69) is 19.4 Å². The zero-order valence-corrected chi connectivity index (χ0v) is 20.6. The maximum Gasteiger partial charge on any atom is 0.573 e. The Hall–Kier alpha value is -4.13. The Labute approximate surface area is 215 Å². The zero-order valence-electron chi connectivity index (χ0n) is 19.8. The molecule has 13 heteroatoms. The van der Waals surface area contributed by atoms with Crippen LogP contribution in [-0.2, 0) is 10.0 Å².